The summed E-state index contributed by atoms with van der Waals surface area (Å²) in [6.07, 6.45) is 34.5. The van der Waals surface area contributed by atoms with Crippen molar-refractivity contribution < 1.29 is 0 Å². The molecule has 0 atom stereocenters. The number of halogens is 1. The van der Waals surface area contributed by atoms with Crippen LogP contribution in [-0.2, 0) is 0 Å². The molecule has 0 aromatic rings. The Morgan fingerprint density at radius 2 is 0.464 bits per heavy atom. The third-order valence-corrected chi connectivity index (χ3v) is 6.63. The number of hydrogen-bond acceptors (Lipinski definition) is 1. The zero-order valence-corrected chi connectivity index (χ0v) is 20.9. The molecule has 0 aliphatic heterocycles. The highest BCUT2D eigenvalue weighted by molar-refractivity contribution is 7.80. The van der Waals surface area contributed by atoms with E-state index < -0.39 is 0 Å². The maximum absolute atomic E-state index is 5.70. The Bertz CT molecular complexity index is 231. The van der Waals surface area contributed by atoms with Gasteiger partial charge in [0.05, 0.1) is 0 Å². The molecule has 28 heavy (non-hydrogen) atoms. The number of rotatable bonds is 25. The van der Waals surface area contributed by atoms with Gasteiger partial charge in [-0.2, -0.15) is 12.6 Å². The highest BCUT2D eigenvalue weighted by Crippen LogP contribution is 2.15. The molecule has 0 nitrogen and oxygen atoms in total. The molecule has 0 aliphatic rings. The highest BCUT2D eigenvalue weighted by atomic mass is 35.5. The molecule has 0 radical (unpaired) electrons. The second-order valence-electron chi connectivity index (χ2n) is 8.90. The molecule has 0 rings (SSSR count). The third-order valence-electron chi connectivity index (χ3n) is 6.04. The molecule has 0 saturated carbocycles. The molecule has 0 saturated heterocycles. The molecule has 170 valence electrons. The van der Waals surface area contributed by atoms with Crippen molar-refractivity contribution in [3.8, 4) is 0 Å². The van der Waals surface area contributed by atoms with Crippen LogP contribution in [0.1, 0.15) is 154 Å². The third kappa shape index (κ3) is 26.6. The van der Waals surface area contributed by atoms with Gasteiger partial charge in [0, 0.05) is 5.88 Å². The Labute approximate surface area is 189 Å². The zero-order valence-electron chi connectivity index (χ0n) is 19.2. The first-order chi connectivity index (χ1) is 13.9. The minimum absolute atomic E-state index is 0.845. The molecular formula is C26H53ClS. The number of hydrogen-bond donors (Lipinski definition) is 1. The lowest BCUT2D eigenvalue weighted by molar-refractivity contribution is 0.518. The molecule has 0 N–H and O–H groups in total. The fourth-order valence-electron chi connectivity index (χ4n) is 4.10. The average molecular weight is 433 g/mol. The number of thiol groups is 1. The average Bonchev–Trinajstić information content (AvgIpc) is 2.71. The maximum Gasteiger partial charge on any atom is 0.0223 e. The number of unbranched alkanes of at least 4 members (excludes halogenated alkanes) is 23. The van der Waals surface area contributed by atoms with Gasteiger partial charge >= 0.3 is 0 Å². The molecule has 0 amide bonds. The smallest absolute Gasteiger partial charge is 0.0223 e. The zero-order chi connectivity index (χ0) is 20.4. The molecule has 0 fully saturated rings. The van der Waals surface area contributed by atoms with Crippen molar-refractivity contribution in [3.05, 3.63) is 0 Å². The molecule has 0 spiro atoms. The Hall–Kier alpha value is 0.640. The van der Waals surface area contributed by atoms with Gasteiger partial charge in [-0.05, 0) is 18.6 Å². The van der Waals surface area contributed by atoms with E-state index in [9.17, 15) is 0 Å². The van der Waals surface area contributed by atoms with E-state index in [4.69, 9.17) is 11.6 Å². The van der Waals surface area contributed by atoms with E-state index in [1.54, 1.807) is 0 Å². The second-order valence-corrected chi connectivity index (χ2v) is 9.72. The van der Waals surface area contributed by atoms with Crippen LogP contribution < -0.4 is 0 Å². The minimum atomic E-state index is 0.845. The summed E-state index contributed by atoms with van der Waals surface area (Å²) in [4.78, 5) is 0. The van der Waals surface area contributed by atoms with Crippen molar-refractivity contribution in [2.45, 2.75) is 154 Å². The van der Waals surface area contributed by atoms with Crippen molar-refractivity contribution >= 4 is 24.2 Å². The topological polar surface area (TPSA) is 0 Å². The van der Waals surface area contributed by atoms with Crippen molar-refractivity contribution in [1.82, 2.24) is 0 Å². The van der Waals surface area contributed by atoms with E-state index in [2.05, 4.69) is 12.6 Å². The number of alkyl halides is 1. The molecule has 0 aliphatic carbocycles. The van der Waals surface area contributed by atoms with Crippen LogP contribution in [0.15, 0.2) is 0 Å². The maximum atomic E-state index is 5.70. The summed E-state index contributed by atoms with van der Waals surface area (Å²) < 4.78 is 0. The summed E-state index contributed by atoms with van der Waals surface area (Å²) in [6, 6.07) is 0. The van der Waals surface area contributed by atoms with E-state index in [-0.39, 0.29) is 0 Å². The molecule has 0 aromatic carbocycles. The van der Waals surface area contributed by atoms with Crippen LogP contribution in [0.25, 0.3) is 0 Å². The summed E-state index contributed by atoms with van der Waals surface area (Å²) in [6.45, 7) is 0. The quantitative estimate of drug-likeness (QED) is 0.0826. The van der Waals surface area contributed by atoms with E-state index in [0.717, 1.165) is 11.6 Å². The van der Waals surface area contributed by atoms with Gasteiger partial charge in [0.2, 0.25) is 0 Å². The van der Waals surface area contributed by atoms with Gasteiger partial charge in [0.15, 0.2) is 0 Å². The molecule has 0 bridgehead atoms. The van der Waals surface area contributed by atoms with Gasteiger partial charge < -0.3 is 0 Å². The summed E-state index contributed by atoms with van der Waals surface area (Å²) in [5.41, 5.74) is 0. The van der Waals surface area contributed by atoms with Crippen molar-refractivity contribution in [3.63, 3.8) is 0 Å². The first-order valence-corrected chi connectivity index (χ1v) is 14.3. The molecular weight excluding hydrogens is 380 g/mol. The van der Waals surface area contributed by atoms with Gasteiger partial charge in [-0.3, -0.25) is 0 Å². The first-order valence-electron chi connectivity index (χ1n) is 13.1. The van der Waals surface area contributed by atoms with Crippen LogP contribution in [0, 0.1) is 0 Å². The second kappa shape index (κ2) is 27.6. The van der Waals surface area contributed by atoms with Gasteiger partial charge in [-0.25, -0.2) is 0 Å². The Morgan fingerprint density at radius 1 is 0.286 bits per heavy atom. The predicted octanol–water partition coefficient (Wildman–Crippen LogP) is 10.5. The van der Waals surface area contributed by atoms with Crippen LogP contribution in [0.5, 0.6) is 0 Å². The summed E-state index contributed by atoms with van der Waals surface area (Å²) in [7, 11) is 0. The fraction of sp³-hybridized carbons (Fsp3) is 1.00. The normalized spacial score (nSPS) is 11.4. The molecule has 0 aromatic heterocycles. The lowest BCUT2D eigenvalue weighted by Gasteiger charge is -2.04. The van der Waals surface area contributed by atoms with E-state index in [1.165, 1.54) is 154 Å². The minimum Gasteiger partial charge on any atom is -0.179 e. The Kier molecular flexibility index (Phi) is 28.3. The standard InChI is InChI=1S/C26H53ClS/c27-25-23-21-19-17-15-13-11-9-7-5-3-1-2-4-6-8-10-12-14-16-18-20-22-24-26-28/h28H,1-26H2. The van der Waals surface area contributed by atoms with E-state index in [0.29, 0.717) is 0 Å². The first kappa shape index (κ1) is 28.6. The fourth-order valence-corrected chi connectivity index (χ4v) is 4.51. The lowest BCUT2D eigenvalue weighted by Crippen LogP contribution is -1.85. The Morgan fingerprint density at radius 3 is 0.643 bits per heavy atom. The van der Waals surface area contributed by atoms with Gasteiger partial charge in [-0.1, -0.05) is 141 Å². The summed E-state index contributed by atoms with van der Waals surface area (Å²) in [5.74, 6) is 1.91. The van der Waals surface area contributed by atoms with Gasteiger partial charge in [-0.15, -0.1) is 11.6 Å². The Balaban J connectivity index is 2.96. The van der Waals surface area contributed by atoms with Crippen LogP contribution in [0.2, 0.25) is 0 Å². The van der Waals surface area contributed by atoms with E-state index >= 15 is 0 Å². The summed E-state index contributed by atoms with van der Waals surface area (Å²) >= 11 is 9.97. The lowest BCUT2D eigenvalue weighted by atomic mass is 10.0. The molecule has 0 unspecified atom stereocenters. The molecule has 0 heterocycles. The largest absolute Gasteiger partial charge is 0.179 e. The van der Waals surface area contributed by atoms with Crippen LogP contribution >= 0.6 is 24.2 Å². The van der Waals surface area contributed by atoms with Crippen molar-refractivity contribution in [2.24, 2.45) is 0 Å². The summed E-state index contributed by atoms with van der Waals surface area (Å²) in [5, 5.41) is 0. The highest BCUT2D eigenvalue weighted by Gasteiger charge is 1.96. The molecule has 2 heteroatoms. The van der Waals surface area contributed by atoms with Crippen molar-refractivity contribution in [2.75, 3.05) is 11.6 Å². The van der Waals surface area contributed by atoms with Crippen LogP contribution in [0.4, 0.5) is 0 Å². The predicted molar refractivity (Wildman–Crippen MR) is 135 cm³/mol. The SMILES string of the molecule is SCCCCCCCCCCCCCCCCCCCCCCCCCCCl. The van der Waals surface area contributed by atoms with Gasteiger partial charge in [0.25, 0.3) is 0 Å². The van der Waals surface area contributed by atoms with E-state index in [1.807, 2.05) is 0 Å². The van der Waals surface area contributed by atoms with Gasteiger partial charge in [0.1, 0.15) is 0 Å². The monoisotopic (exact) mass is 432 g/mol. The van der Waals surface area contributed by atoms with Crippen LogP contribution in [0.3, 0.4) is 0 Å². The van der Waals surface area contributed by atoms with Crippen LogP contribution in [-0.4, -0.2) is 11.6 Å². The van der Waals surface area contributed by atoms with Crippen molar-refractivity contribution in [1.29, 1.82) is 0 Å².